The highest BCUT2D eigenvalue weighted by Crippen LogP contribution is 2.55. The Balaban J connectivity index is 1.30. The lowest BCUT2D eigenvalue weighted by atomic mass is 9.77. The van der Waals surface area contributed by atoms with E-state index in [0.29, 0.717) is 24.4 Å². The number of benzene rings is 1. The number of fused-ring (bicyclic) bond motifs is 3. The van der Waals surface area contributed by atoms with Crippen molar-refractivity contribution in [3.8, 4) is 11.5 Å². The zero-order chi connectivity index (χ0) is 31.1. The Morgan fingerprint density at radius 1 is 1.11 bits per heavy atom. The average Bonchev–Trinajstić information content (AvgIpc) is 3.66. The third-order valence-electron chi connectivity index (χ3n) is 10.5. The number of aliphatic hydroxyl groups excluding tert-OH is 1. The number of rotatable bonds is 11. The van der Waals surface area contributed by atoms with Crippen molar-refractivity contribution in [3.63, 3.8) is 0 Å². The van der Waals surface area contributed by atoms with Gasteiger partial charge in [-0.2, -0.15) is 0 Å². The molecule has 5 aliphatic rings. The molecule has 44 heavy (non-hydrogen) atoms. The zero-order valence-corrected chi connectivity index (χ0v) is 26.5. The van der Waals surface area contributed by atoms with Crippen molar-refractivity contribution in [1.82, 2.24) is 10.2 Å². The Labute approximate surface area is 260 Å². The predicted octanol–water partition coefficient (Wildman–Crippen LogP) is 3.65. The summed E-state index contributed by atoms with van der Waals surface area (Å²) in [6, 6.07) is 4.24. The third-order valence-corrected chi connectivity index (χ3v) is 10.5. The van der Waals surface area contributed by atoms with Gasteiger partial charge in [0.25, 0.3) is 0 Å². The van der Waals surface area contributed by atoms with E-state index in [2.05, 4.69) is 22.4 Å². The van der Waals surface area contributed by atoms with Crippen molar-refractivity contribution >= 4 is 5.97 Å². The summed E-state index contributed by atoms with van der Waals surface area (Å²) in [7, 11) is 1.60. The number of hydrogen-bond acceptors (Lipinski definition) is 10. The lowest BCUT2D eigenvalue weighted by Gasteiger charge is -2.40. The Hall–Kier alpha value is -2.37. The smallest absolute Gasteiger partial charge is 0.339 e. The summed E-state index contributed by atoms with van der Waals surface area (Å²) in [5, 5.41) is 36.6. The maximum absolute atomic E-state index is 14.2. The van der Waals surface area contributed by atoms with Crippen molar-refractivity contribution in [2.45, 2.75) is 132 Å². The highest BCUT2D eigenvalue weighted by atomic mass is 16.7. The molecule has 1 aromatic carbocycles. The molecule has 0 aromatic heterocycles. The van der Waals surface area contributed by atoms with Crippen molar-refractivity contribution in [1.29, 1.82) is 0 Å². The normalized spacial score (nSPS) is 28.7. The average molecular weight is 615 g/mol. The van der Waals surface area contributed by atoms with E-state index in [4.69, 9.17) is 18.9 Å². The molecule has 4 N–H and O–H groups in total. The first-order valence-corrected chi connectivity index (χ1v) is 16.6. The first-order valence-electron chi connectivity index (χ1n) is 16.6. The van der Waals surface area contributed by atoms with Crippen LogP contribution in [0, 0.1) is 0 Å². The lowest BCUT2D eigenvalue weighted by molar-refractivity contribution is -0.177. The van der Waals surface area contributed by atoms with Crippen molar-refractivity contribution in [2.24, 2.45) is 0 Å². The Bertz CT molecular complexity index is 1240. The third kappa shape index (κ3) is 6.20. The summed E-state index contributed by atoms with van der Waals surface area (Å²) in [6.45, 7) is 5.39. The van der Waals surface area contributed by atoms with E-state index in [0.717, 1.165) is 74.9 Å². The molecule has 0 amide bonds. The molecule has 6 rings (SSSR count). The zero-order valence-electron chi connectivity index (χ0n) is 26.5. The van der Waals surface area contributed by atoms with Crippen LogP contribution in [0.4, 0.5) is 0 Å². The van der Waals surface area contributed by atoms with Crippen LogP contribution in [0.1, 0.15) is 102 Å². The highest BCUT2D eigenvalue weighted by Gasteiger charge is 2.59. The van der Waals surface area contributed by atoms with Crippen LogP contribution in [-0.4, -0.2) is 88.3 Å². The standard InChI is InChI=1S/C34H50N2O8/c1-32(2,39)12-7-14-34(40,20-28(37)35-23-9-5-4-6-10-23)31(38)44-30-27(41-3)19-33-13-8-15-36(33)16-11-22-17-25-26(43-21-42-25)18-24(22)29(30)33/h17-19,23,28-30,35,37,39-40H,4-16,20-21H2,1-3H3/t28?,29-,30-,33+,34-/m1/s1. The number of methoxy groups -OCH3 is 1. The molecular weight excluding hydrogens is 564 g/mol. The molecule has 10 nitrogen and oxygen atoms in total. The van der Waals surface area contributed by atoms with E-state index in [9.17, 15) is 20.1 Å². The minimum atomic E-state index is -1.96. The number of nitrogens with zero attached hydrogens (tertiary/aromatic N) is 1. The van der Waals surface area contributed by atoms with Gasteiger partial charge >= 0.3 is 5.97 Å². The summed E-state index contributed by atoms with van der Waals surface area (Å²) in [4.78, 5) is 16.7. The molecule has 3 heterocycles. The van der Waals surface area contributed by atoms with Crippen molar-refractivity contribution in [2.75, 3.05) is 27.0 Å². The number of aliphatic hydroxyl groups is 3. The molecule has 5 atom stereocenters. The van der Waals surface area contributed by atoms with E-state index in [1.54, 1.807) is 21.0 Å². The SMILES string of the molecule is COC1=C[C@]23CCCN2CCc2cc4c(cc2[C@@H]3[C@@H]1OC(=O)[C@@](O)(CCCC(C)(C)O)CC(O)NC1CCCCC1)OCO4. The number of esters is 1. The van der Waals surface area contributed by atoms with Gasteiger partial charge in [0.2, 0.25) is 6.79 Å². The lowest BCUT2D eigenvalue weighted by Crippen LogP contribution is -2.51. The van der Waals surface area contributed by atoms with Gasteiger partial charge in [0.1, 0.15) is 12.0 Å². The first kappa shape index (κ1) is 31.6. The van der Waals surface area contributed by atoms with Crippen LogP contribution in [0.5, 0.6) is 11.5 Å². The van der Waals surface area contributed by atoms with Crippen LogP contribution in [0.25, 0.3) is 0 Å². The number of carbonyl (C=O) groups is 1. The summed E-state index contributed by atoms with van der Waals surface area (Å²) < 4.78 is 23.8. The fourth-order valence-electron chi connectivity index (χ4n) is 8.34. The van der Waals surface area contributed by atoms with Crippen LogP contribution in [-0.2, 0) is 20.7 Å². The van der Waals surface area contributed by atoms with Gasteiger partial charge in [-0.15, -0.1) is 0 Å². The summed E-state index contributed by atoms with van der Waals surface area (Å²) in [6.07, 6.45) is 8.95. The second kappa shape index (κ2) is 12.4. The van der Waals surface area contributed by atoms with E-state index in [1.807, 2.05) is 6.07 Å². The molecule has 0 bridgehead atoms. The molecule has 1 unspecified atom stereocenters. The fourth-order valence-corrected chi connectivity index (χ4v) is 8.34. The van der Waals surface area contributed by atoms with Crippen LogP contribution >= 0.6 is 0 Å². The quantitative estimate of drug-likeness (QED) is 0.217. The molecule has 1 saturated carbocycles. The summed E-state index contributed by atoms with van der Waals surface area (Å²) >= 11 is 0. The summed E-state index contributed by atoms with van der Waals surface area (Å²) in [5.74, 6) is 0.939. The van der Waals surface area contributed by atoms with Crippen LogP contribution in [0.3, 0.4) is 0 Å². The van der Waals surface area contributed by atoms with Gasteiger partial charge in [-0.25, -0.2) is 4.79 Å². The molecule has 10 heteroatoms. The van der Waals surface area contributed by atoms with E-state index in [-0.39, 0.29) is 31.6 Å². The molecule has 1 spiro atoms. The number of ether oxygens (including phenoxy) is 4. The van der Waals surface area contributed by atoms with Crippen LogP contribution < -0.4 is 14.8 Å². The Morgan fingerprint density at radius 2 is 1.86 bits per heavy atom. The molecular formula is C34H50N2O8. The van der Waals surface area contributed by atoms with Gasteiger partial charge in [-0.05, 0) is 101 Å². The fraction of sp³-hybridized carbons (Fsp3) is 0.735. The second-order valence-electron chi connectivity index (χ2n) is 14.2. The molecule has 1 aromatic rings. The predicted molar refractivity (Wildman–Crippen MR) is 163 cm³/mol. The first-order chi connectivity index (χ1) is 21.0. The minimum Gasteiger partial charge on any atom is -0.497 e. The van der Waals surface area contributed by atoms with Gasteiger partial charge in [0.15, 0.2) is 23.2 Å². The van der Waals surface area contributed by atoms with Crippen molar-refractivity contribution in [3.05, 3.63) is 35.1 Å². The Kier molecular flexibility index (Phi) is 8.93. The van der Waals surface area contributed by atoms with E-state index >= 15 is 0 Å². The molecule has 244 valence electrons. The molecule has 2 aliphatic carbocycles. The van der Waals surface area contributed by atoms with Crippen LogP contribution in [0.2, 0.25) is 0 Å². The largest absolute Gasteiger partial charge is 0.497 e. The van der Waals surface area contributed by atoms with Gasteiger partial charge in [-0.3, -0.25) is 10.2 Å². The van der Waals surface area contributed by atoms with E-state index < -0.39 is 35.0 Å². The maximum Gasteiger partial charge on any atom is 0.339 e. The highest BCUT2D eigenvalue weighted by molar-refractivity contribution is 5.80. The van der Waals surface area contributed by atoms with Gasteiger partial charge in [-0.1, -0.05) is 19.3 Å². The number of carbonyl (C=O) groups excluding carboxylic acids is 1. The van der Waals surface area contributed by atoms with Crippen LogP contribution in [0.15, 0.2) is 24.0 Å². The molecule has 1 saturated heterocycles. The maximum atomic E-state index is 14.2. The van der Waals surface area contributed by atoms with Gasteiger partial charge in [0.05, 0.1) is 24.2 Å². The van der Waals surface area contributed by atoms with Gasteiger partial charge in [0, 0.05) is 19.0 Å². The minimum absolute atomic E-state index is 0.0508. The molecule has 0 radical (unpaired) electrons. The molecule has 3 aliphatic heterocycles. The Morgan fingerprint density at radius 3 is 2.59 bits per heavy atom. The number of nitrogens with one attached hydrogen (secondary N) is 1. The van der Waals surface area contributed by atoms with Gasteiger partial charge < -0.3 is 34.3 Å². The van der Waals surface area contributed by atoms with E-state index in [1.165, 1.54) is 6.42 Å². The number of hydrogen-bond donors (Lipinski definition) is 4. The second-order valence-corrected chi connectivity index (χ2v) is 14.2. The topological polar surface area (TPSA) is 130 Å². The summed E-state index contributed by atoms with van der Waals surface area (Å²) in [5.41, 5.74) is -1.12. The molecule has 2 fully saturated rings. The van der Waals surface area contributed by atoms with Crippen molar-refractivity contribution < 1.29 is 39.1 Å². The monoisotopic (exact) mass is 614 g/mol.